The Bertz CT molecular complexity index is 1150. The molecule has 180 valence electrons. The molecule has 0 atom stereocenters. The van der Waals surface area contributed by atoms with Crippen LogP contribution in [0.2, 0.25) is 0 Å². The van der Waals surface area contributed by atoms with Gasteiger partial charge in [-0.2, -0.15) is 0 Å². The molecule has 0 bridgehead atoms. The van der Waals surface area contributed by atoms with Crippen molar-refractivity contribution < 1.29 is 18.7 Å². The molecule has 0 spiro atoms. The number of nitrogens with zero attached hydrogens (tertiary/aromatic N) is 1. The van der Waals surface area contributed by atoms with Crippen molar-refractivity contribution in [3.8, 4) is 22.8 Å². The van der Waals surface area contributed by atoms with Crippen LogP contribution >= 0.6 is 0 Å². The molecule has 1 aromatic heterocycles. The fraction of sp³-hybridized carbons (Fsp3) is 0.393. The first-order chi connectivity index (χ1) is 16.5. The van der Waals surface area contributed by atoms with Crippen LogP contribution < -0.4 is 14.8 Å². The number of carbonyl (C=O) groups is 1. The fourth-order valence-corrected chi connectivity index (χ4v) is 4.84. The number of carbonyl (C=O) groups excluding carboxylic acids is 1. The molecule has 3 aromatic rings. The summed E-state index contributed by atoms with van der Waals surface area (Å²) in [5.74, 6) is 1.12. The van der Waals surface area contributed by atoms with E-state index in [4.69, 9.17) is 9.47 Å². The predicted octanol–water partition coefficient (Wildman–Crippen LogP) is 5.93. The number of rotatable bonds is 8. The summed E-state index contributed by atoms with van der Waals surface area (Å²) in [6.45, 7) is 2.57. The maximum absolute atomic E-state index is 13.7. The molecule has 2 aromatic carbocycles. The van der Waals surface area contributed by atoms with Crippen LogP contribution in [-0.4, -0.2) is 30.7 Å². The van der Waals surface area contributed by atoms with Gasteiger partial charge in [0.15, 0.2) is 0 Å². The number of benzene rings is 2. The molecule has 1 amide bonds. The Hall–Kier alpha value is -3.28. The number of aryl methyl sites for hydroxylation is 1. The summed E-state index contributed by atoms with van der Waals surface area (Å²) in [4.78, 5) is 13.3. The van der Waals surface area contributed by atoms with Gasteiger partial charge in [-0.15, -0.1) is 0 Å². The summed E-state index contributed by atoms with van der Waals surface area (Å²) in [6, 6.07) is 14.5. The quantitative estimate of drug-likeness (QED) is 0.450. The van der Waals surface area contributed by atoms with E-state index < -0.39 is 0 Å². The van der Waals surface area contributed by atoms with Gasteiger partial charge in [0.2, 0.25) is 0 Å². The number of nitrogens with one attached hydrogen (secondary N) is 1. The zero-order chi connectivity index (χ0) is 24.1. The highest BCUT2D eigenvalue weighted by Crippen LogP contribution is 2.36. The van der Waals surface area contributed by atoms with Crippen LogP contribution in [0.1, 0.15) is 53.7 Å². The first kappa shape index (κ1) is 23.9. The average Bonchev–Trinajstić information content (AvgIpc) is 3.19. The van der Waals surface area contributed by atoms with Gasteiger partial charge in [-0.05, 0) is 68.1 Å². The molecular formula is C28H33FN2O3. The zero-order valence-electron chi connectivity index (χ0n) is 20.2. The number of hydrogen-bond donors (Lipinski definition) is 1. The van der Waals surface area contributed by atoms with E-state index >= 15 is 0 Å². The first-order valence-corrected chi connectivity index (χ1v) is 12.0. The standard InChI is InChI=1S/C28H33FN2O3/c1-19-24(28(32)30-22-10-5-4-6-11-22)18-26(25-17-23(33-2)12-13-27(25)34-3)31(19)15-14-20-8-7-9-21(29)16-20/h7-9,12-13,16-18,22H,4-6,10-11,14-15H2,1-3H3,(H,30,32). The third-order valence-electron chi connectivity index (χ3n) is 6.75. The van der Waals surface area contributed by atoms with Crippen molar-refractivity contribution in [1.29, 1.82) is 0 Å². The third-order valence-corrected chi connectivity index (χ3v) is 6.75. The minimum absolute atomic E-state index is 0.0444. The number of methoxy groups -OCH3 is 2. The van der Waals surface area contributed by atoms with Crippen LogP contribution in [0.3, 0.4) is 0 Å². The predicted molar refractivity (Wildman–Crippen MR) is 132 cm³/mol. The van der Waals surface area contributed by atoms with Crippen LogP contribution in [0, 0.1) is 12.7 Å². The maximum Gasteiger partial charge on any atom is 0.253 e. The number of halogens is 1. The molecule has 1 saturated carbocycles. The van der Waals surface area contributed by atoms with Crippen molar-refractivity contribution in [3.05, 3.63) is 71.2 Å². The second-order valence-electron chi connectivity index (χ2n) is 8.93. The Labute approximate surface area is 200 Å². The first-order valence-electron chi connectivity index (χ1n) is 12.0. The Morgan fingerprint density at radius 1 is 1.06 bits per heavy atom. The molecule has 0 aliphatic heterocycles. The van der Waals surface area contributed by atoms with Gasteiger partial charge in [0.1, 0.15) is 17.3 Å². The molecule has 0 unspecified atom stereocenters. The van der Waals surface area contributed by atoms with E-state index in [2.05, 4.69) is 9.88 Å². The fourth-order valence-electron chi connectivity index (χ4n) is 4.84. The lowest BCUT2D eigenvalue weighted by Crippen LogP contribution is -2.36. The SMILES string of the molecule is COc1ccc(OC)c(-c2cc(C(=O)NC3CCCCC3)c(C)n2CCc2cccc(F)c2)c1. The summed E-state index contributed by atoms with van der Waals surface area (Å²) >= 11 is 0. The molecular weight excluding hydrogens is 431 g/mol. The smallest absolute Gasteiger partial charge is 0.253 e. The Balaban J connectivity index is 1.72. The Morgan fingerprint density at radius 3 is 2.56 bits per heavy atom. The zero-order valence-corrected chi connectivity index (χ0v) is 20.2. The summed E-state index contributed by atoms with van der Waals surface area (Å²) in [5, 5.41) is 3.24. The highest BCUT2D eigenvalue weighted by atomic mass is 19.1. The summed E-state index contributed by atoms with van der Waals surface area (Å²) in [5.41, 5.74) is 4.17. The van der Waals surface area contributed by atoms with Crippen LogP contribution in [0.4, 0.5) is 4.39 Å². The lowest BCUT2D eigenvalue weighted by molar-refractivity contribution is 0.0927. The average molecular weight is 465 g/mol. The molecule has 0 saturated heterocycles. The molecule has 34 heavy (non-hydrogen) atoms. The van der Waals surface area contributed by atoms with Crippen molar-refractivity contribution in [3.63, 3.8) is 0 Å². The van der Waals surface area contributed by atoms with Crippen molar-refractivity contribution in [2.75, 3.05) is 14.2 Å². The Kier molecular flexibility index (Phi) is 7.56. The van der Waals surface area contributed by atoms with Gasteiger partial charge in [0.25, 0.3) is 5.91 Å². The monoisotopic (exact) mass is 464 g/mol. The van der Waals surface area contributed by atoms with Gasteiger partial charge < -0.3 is 19.4 Å². The lowest BCUT2D eigenvalue weighted by atomic mass is 9.95. The van der Waals surface area contributed by atoms with Gasteiger partial charge in [0, 0.05) is 23.8 Å². The van der Waals surface area contributed by atoms with Gasteiger partial charge in [-0.3, -0.25) is 4.79 Å². The minimum Gasteiger partial charge on any atom is -0.497 e. The van der Waals surface area contributed by atoms with E-state index in [0.29, 0.717) is 30.0 Å². The normalized spacial score (nSPS) is 14.1. The third kappa shape index (κ3) is 5.27. The van der Waals surface area contributed by atoms with E-state index in [1.54, 1.807) is 26.4 Å². The van der Waals surface area contributed by atoms with Crippen molar-refractivity contribution in [2.24, 2.45) is 0 Å². The molecule has 1 fully saturated rings. The van der Waals surface area contributed by atoms with Crippen molar-refractivity contribution >= 4 is 5.91 Å². The summed E-state index contributed by atoms with van der Waals surface area (Å²) in [6.07, 6.45) is 6.25. The highest BCUT2D eigenvalue weighted by Gasteiger charge is 2.23. The van der Waals surface area contributed by atoms with Crippen LogP contribution in [0.25, 0.3) is 11.3 Å². The molecule has 0 radical (unpaired) electrons. The van der Waals surface area contributed by atoms with E-state index in [9.17, 15) is 9.18 Å². The van der Waals surface area contributed by atoms with E-state index in [-0.39, 0.29) is 17.8 Å². The van der Waals surface area contributed by atoms with Crippen molar-refractivity contribution in [2.45, 2.75) is 58.0 Å². The summed E-state index contributed by atoms with van der Waals surface area (Å²) in [7, 11) is 3.26. The van der Waals surface area contributed by atoms with Gasteiger partial charge in [-0.25, -0.2) is 4.39 Å². The molecule has 1 aliphatic rings. The Morgan fingerprint density at radius 2 is 1.85 bits per heavy atom. The number of hydrogen-bond acceptors (Lipinski definition) is 3. The lowest BCUT2D eigenvalue weighted by Gasteiger charge is -2.22. The van der Waals surface area contributed by atoms with E-state index in [0.717, 1.165) is 48.2 Å². The van der Waals surface area contributed by atoms with Crippen LogP contribution in [-0.2, 0) is 13.0 Å². The van der Waals surface area contributed by atoms with Gasteiger partial charge in [-0.1, -0.05) is 31.4 Å². The van der Waals surface area contributed by atoms with E-state index in [1.807, 2.05) is 37.3 Å². The highest BCUT2D eigenvalue weighted by molar-refractivity contribution is 5.97. The second-order valence-corrected chi connectivity index (χ2v) is 8.93. The largest absolute Gasteiger partial charge is 0.497 e. The second kappa shape index (κ2) is 10.8. The molecule has 6 heteroatoms. The summed E-state index contributed by atoms with van der Waals surface area (Å²) < 4.78 is 27.0. The topological polar surface area (TPSA) is 52.5 Å². The molecule has 1 aliphatic carbocycles. The van der Waals surface area contributed by atoms with Gasteiger partial charge in [0.05, 0.1) is 25.5 Å². The number of ether oxygens (including phenoxy) is 2. The van der Waals surface area contributed by atoms with E-state index in [1.165, 1.54) is 12.5 Å². The number of amides is 1. The number of aromatic nitrogens is 1. The molecule has 5 nitrogen and oxygen atoms in total. The van der Waals surface area contributed by atoms with Crippen LogP contribution in [0.5, 0.6) is 11.5 Å². The molecule has 1 heterocycles. The minimum atomic E-state index is -0.246. The van der Waals surface area contributed by atoms with Crippen molar-refractivity contribution in [1.82, 2.24) is 9.88 Å². The van der Waals surface area contributed by atoms with Gasteiger partial charge >= 0.3 is 0 Å². The molecule has 4 rings (SSSR count). The van der Waals surface area contributed by atoms with Crippen LogP contribution in [0.15, 0.2) is 48.5 Å². The molecule has 1 N–H and O–H groups in total. The maximum atomic E-state index is 13.7.